The molecule has 2 aromatic rings. The second kappa shape index (κ2) is 8.42. The summed E-state index contributed by atoms with van der Waals surface area (Å²) in [6, 6.07) is 11.4. The van der Waals surface area contributed by atoms with E-state index in [0.29, 0.717) is 11.8 Å². The van der Waals surface area contributed by atoms with E-state index in [0.717, 1.165) is 57.3 Å². The molecule has 1 unspecified atom stereocenters. The number of likely N-dealkylation sites (tertiary alicyclic amines) is 1. The first-order chi connectivity index (χ1) is 13.2. The van der Waals surface area contributed by atoms with Crippen LogP contribution in [0.2, 0.25) is 0 Å². The number of para-hydroxylation sites is 1. The van der Waals surface area contributed by atoms with Gasteiger partial charge in [0.15, 0.2) is 0 Å². The number of hydrogen-bond donors (Lipinski definition) is 1. The summed E-state index contributed by atoms with van der Waals surface area (Å²) in [7, 11) is 0. The topological polar surface area (TPSA) is 43.1 Å². The molecule has 1 aromatic carbocycles. The van der Waals surface area contributed by atoms with Crippen molar-refractivity contribution in [2.24, 2.45) is 0 Å². The summed E-state index contributed by atoms with van der Waals surface area (Å²) < 4.78 is 19.7. The molecule has 1 N–H and O–H groups in total. The number of rotatable bonds is 5. The zero-order valence-electron chi connectivity index (χ0n) is 15.7. The third kappa shape index (κ3) is 4.34. The first kappa shape index (κ1) is 18.5. The van der Waals surface area contributed by atoms with Crippen LogP contribution in [0.1, 0.15) is 24.4 Å². The van der Waals surface area contributed by atoms with Gasteiger partial charge in [0.05, 0.1) is 12.2 Å². The van der Waals surface area contributed by atoms with E-state index < -0.39 is 0 Å². The lowest BCUT2D eigenvalue weighted by Crippen LogP contribution is -2.55. The van der Waals surface area contributed by atoms with Crippen LogP contribution in [-0.4, -0.2) is 60.2 Å². The fourth-order valence-corrected chi connectivity index (χ4v) is 4.32. The van der Waals surface area contributed by atoms with Gasteiger partial charge in [-0.2, -0.15) is 0 Å². The van der Waals surface area contributed by atoms with E-state index >= 15 is 0 Å². The summed E-state index contributed by atoms with van der Waals surface area (Å²) in [6.07, 6.45) is 2.40. The molecule has 0 saturated carbocycles. The molecule has 2 aliphatic rings. The average Bonchev–Trinajstić information content (AvgIpc) is 3.16. The van der Waals surface area contributed by atoms with Gasteiger partial charge in [-0.15, -0.1) is 0 Å². The molecule has 27 heavy (non-hydrogen) atoms. The van der Waals surface area contributed by atoms with Crippen LogP contribution in [0.25, 0.3) is 0 Å². The second-order valence-corrected chi connectivity index (χ2v) is 7.53. The quantitative estimate of drug-likeness (QED) is 0.873. The van der Waals surface area contributed by atoms with Crippen molar-refractivity contribution in [3.05, 3.63) is 53.7 Å². The molecule has 0 bridgehead atoms. The van der Waals surface area contributed by atoms with Crippen LogP contribution in [0.4, 0.5) is 10.1 Å². The summed E-state index contributed by atoms with van der Waals surface area (Å²) in [5, 5.41) is 9.15. The summed E-state index contributed by atoms with van der Waals surface area (Å²) in [4.78, 5) is 7.16. The zero-order chi connectivity index (χ0) is 18.6. The molecule has 1 atom stereocenters. The van der Waals surface area contributed by atoms with Gasteiger partial charge < -0.3 is 14.4 Å². The molecule has 0 amide bonds. The number of benzene rings is 1. The summed E-state index contributed by atoms with van der Waals surface area (Å²) in [6.45, 7) is 6.56. The van der Waals surface area contributed by atoms with Gasteiger partial charge in [-0.3, -0.25) is 9.80 Å². The van der Waals surface area contributed by atoms with Gasteiger partial charge in [0.1, 0.15) is 23.9 Å². The van der Waals surface area contributed by atoms with Crippen molar-refractivity contribution in [2.75, 3.05) is 44.2 Å². The Kier molecular flexibility index (Phi) is 5.76. The molecule has 2 aliphatic heterocycles. The number of halogens is 1. The highest BCUT2D eigenvalue weighted by Crippen LogP contribution is 2.24. The molecule has 2 fully saturated rings. The van der Waals surface area contributed by atoms with E-state index in [4.69, 9.17) is 9.52 Å². The van der Waals surface area contributed by atoms with E-state index in [1.54, 1.807) is 6.07 Å². The molecular formula is C21H28FN3O2. The van der Waals surface area contributed by atoms with E-state index in [-0.39, 0.29) is 12.4 Å². The number of piperazine rings is 1. The van der Waals surface area contributed by atoms with Crippen LogP contribution in [-0.2, 0) is 13.2 Å². The van der Waals surface area contributed by atoms with Crippen molar-refractivity contribution in [3.63, 3.8) is 0 Å². The van der Waals surface area contributed by atoms with Gasteiger partial charge in [0.25, 0.3) is 0 Å². The van der Waals surface area contributed by atoms with Crippen molar-refractivity contribution in [1.82, 2.24) is 9.80 Å². The van der Waals surface area contributed by atoms with Crippen molar-refractivity contribution < 1.29 is 13.9 Å². The van der Waals surface area contributed by atoms with E-state index in [9.17, 15) is 4.39 Å². The Morgan fingerprint density at radius 2 is 1.78 bits per heavy atom. The molecule has 0 radical (unpaired) electrons. The zero-order valence-corrected chi connectivity index (χ0v) is 15.7. The van der Waals surface area contributed by atoms with Crippen LogP contribution >= 0.6 is 0 Å². The normalized spacial score (nSPS) is 22.3. The van der Waals surface area contributed by atoms with Gasteiger partial charge in [0, 0.05) is 38.8 Å². The highest BCUT2D eigenvalue weighted by molar-refractivity contribution is 5.48. The van der Waals surface area contributed by atoms with Crippen LogP contribution < -0.4 is 4.90 Å². The SMILES string of the molecule is OCc1ccc(CN2CCCC(N3CCN(c4ccccc4F)CC3)C2)o1. The lowest BCUT2D eigenvalue weighted by atomic mass is 10.0. The summed E-state index contributed by atoms with van der Waals surface area (Å²) >= 11 is 0. The fourth-order valence-electron chi connectivity index (χ4n) is 4.32. The third-order valence-electron chi connectivity index (χ3n) is 5.76. The average molecular weight is 373 g/mol. The lowest BCUT2D eigenvalue weighted by molar-refractivity contribution is 0.0841. The first-order valence-corrected chi connectivity index (χ1v) is 9.87. The predicted molar refractivity (Wildman–Crippen MR) is 103 cm³/mol. The molecule has 0 spiro atoms. The Labute approximate surface area is 160 Å². The fraction of sp³-hybridized carbons (Fsp3) is 0.524. The minimum Gasteiger partial charge on any atom is -0.462 e. The Morgan fingerprint density at radius 1 is 1.00 bits per heavy atom. The highest BCUT2D eigenvalue weighted by Gasteiger charge is 2.29. The first-order valence-electron chi connectivity index (χ1n) is 9.87. The van der Waals surface area contributed by atoms with Gasteiger partial charge in [-0.05, 0) is 43.7 Å². The monoisotopic (exact) mass is 373 g/mol. The minimum atomic E-state index is -0.129. The third-order valence-corrected chi connectivity index (χ3v) is 5.76. The molecule has 3 heterocycles. The molecule has 4 rings (SSSR count). The molecule has 146 valence electrons. The molecule has 1 aromatic heterocycles. The van der Waals surface area contributed by atoms with Crippen LogP contribution in [0, 0.1) is 5.82 Å². The Hall–Kier alpha value is -1.89. The standard InChI is InChI=1S/C21H28FN3O2/c22-20-5-1-2-6-21(20)25-12-10-24(11-13-25)17-4-3-9-23(14-17)15-18-7-8-19(16-26)27-18/h1-2,5-8,17,26H,3-4,9-16H2. The largest absolute Gasteiger partial charge is 0.462 e. The lowest BCUT2D eigenvalue weighted by Gasteiger charge is -2.43. The van der Waals surface area contributed by atoms with Gasteiger partial charge in [0.2, 0.25) is 0 Å². The number of hydrogen-bond acceptors (Lipinski definition) is 5. The molecule has 6 heteroatoms. The summed E-state index contributed by atoms with van der Waals surface area (Å²) in [5.74, 6) is 1.42. The van der Waals surface area contributed by atoms with Gasteiger partial charge >= 0.3 is 0 Å². The Morgan fingerprint density at radius 3 is 2.52 bits per heavy atom. The maximum absolute atomic E-state index is 14.0. The second-order valence-electron chi connectivity index (χ2n) is 7.53. The maximum atomic E-state index is 14.0. The smallest absolute Gasteiger partial charge is 0.146 e. The molecule has 5 nitrogen and oxygen atoms in total. The number of furan rings is 1. The van der Waals surface area contributed by atoms with Crippen molar-refractivity contribution in [3.8, 4) is 0 Å². The maximum Gasteiger partial charge on any atom is 0.146 e. The van der Waals surface area contributed by atoms with E-state index in [1.807, 2.05) is 24.3 Å². The molecule has 0 aliphatic carbocycles. The Balaban J connectivity index is 1.31. The number of nitrogens with zero attached hydrogens (tertiary/aromatic N) is 3. The van der Waals surface area contributed by atoms with Crippen molar-refractivity contribution >= 4 is 5.69 Å². The van der Waals surface area contributed by atoms with Crippen LogP contribution in [0.15, 0.2) is 40.8 Å². The summed E-state index contributed by atoms with van der Waals surface area (Å²) in [5.41, 5.74) is 0.722. The number of piperidine rings is 1. The van der Waals surface area contributed by atoms with Crippen molar-refractivity contribution in [1.29, 1.82) is 0 Å². The Bertz CT molecular complexity index is 743. The molecule has 2 saturated heterocycles. The van der Waals surface area contributed by atoms with Crippen LogP contribution in [0.5, 0.6) is 0 Å². The minimum absolute atomic E-state index is 0.0467. The van der Waals surface area contributed by atoms with E-state index in [2.05, 4.69) is 14.7 Å². The predicted octanol–water partition coefficient (Wildman–Crippen LogP) is 2.70. The van der Waals surface area contributed by atoms with Gasteiger partial charge in [-0.1, -0.05) is 12.1 Å². The number of aliphatic hydroxyl groups is 1. The van der Waals surface area contributed by atoms with E-state index in [1.165, 1.54) is 18.9 Å². The number of aliphatic hydroxyl groups excluding tert-OH is 1. The molecular weight excluding hydrogens is 345 g/mol. The number of anilines is 1. The van der Waals surface area contributed by atoms with Crippen molar-refractivity contribution in [2.45, 2.75) is 32.0 Å². The highest BCUT2D eigenvalue weighted by atomic mass is 19.1. The van der Waals surface area contributed by atoms with Crippen LogP contribution in [0.3, 0.4) is 0 Å². The van der Waals surface area contributed by atoms with Gasteiger partial charge in [-0.25, -0.2) is 4.39 Å².